The quantitative estimate of drug-likeness (QED) is 0.768. The van der Waals surface area contributed by atoms with Gasteiger partial charge >= 0.3 is 0 Å². The SMILES string of the molecule is COc1cc(OC)c(C(Br)c2ccoc2C)c(OC)c1. The smallest absolute Gasteiger partial charge is 0.130 e. The second-order valence-corrected chi connectivity index (χ2v) is 5.16. The Morgan fingerprint density at radius 3 is 2.05 bits per heavy atom. The van der Waals surface area contributed by atoms with Crippen LogP contribution in [0.4, 0.5) is 0 Å². The van der Waals surface area contributed by atoms with Crippen molar-refractivity contribution in [3.05, 3.63) is 41.3 Å². The summed E-state index contributed by atoms with van der Waals surface area (Å²) < 4.78 is 21.6. The first-order chi connectivity index (χ1) is 9.62. The van der Waals surface area contributed by atoms with Gasteiger partial charge < -0.3 is 18.6 Å². The van der Waals surface area contributed by atoms with Crippen LogP contribution >= 0.6 is 15.9 Å². The molecule has 0 fully saturated rings. The Labute approximate surface area is 126 Å². The third-order valence-corrected chi connectivity index (χ3v) is 4.13. The Balaban J connectivity index is 2.57. The van der Waals surface area contributed by atoms with Gasteiger partial charge in [-0.3, -0.25) is 0 Å². The second kappa shape index (κ2) is 6.22. The highest BCUT2D eigenvalue weighted by Crippen LogP contribution is 2.45. The molecule has 4 nitrogen and oxygen atoms in total. The maximum absolute atomic E-state index is 5.47. The van der Waals surface area contributed by atoms with Crippen LogP contribution in [0, 0.1) is 6.92 Å². The van der Waals surface area contributed by atoms with Crippen molar-refractivity contribution in [2.75, 3.05) is 21.3 Å². The maximum Gasteiger partial charge on any atom is 0.130 e. The van der Waals surface area contributed by atoms with E-state index in [0.717, 1.165) is 16.9 Å². The van der Waals surface area contributed by atoms with E-state index in [1.165, 1.54) is 0 Å². The Hall–Kier alpha value is -1.62. The van der Waals surface area contributed by atoms with E-state index in [0.29, 0.717) is 17.2 Å². The first kappa shape index (κ1) is 14.8. The lowest BCUT2D eigenvalue weighted by Gasteiger charge is -2.18. The lowest BCUT2D eigenvalue weighted by molar-refractivity contribution is 0.369. The van der Waals surface area contributed by atoms with E-state index in [1.54, 1.807) is 27.6 Å². The number of ether oxygens (including phenoxy) is 3. The first-order valence-electron chi connectivity index (χ1n) is 6.10. The zero-order chi connectivity index (χ0) is 14.7. The van der Waals surface area contributed by atoms with Gasteiger partial charge in [-0.05, 0) is 13.0 Å². The van der Waals surface area contributed by atoms with Gasteiger partial charge in [-0.2, -0.15) is 0 Å². The fraction of sp³-hybridized carbons (Fsp3) is 0.333. The zero-order valence-corrected chi connectivity index (χ0v) is 13.5. The number of methoxy groups -OCH3 is 3. The number of hydrogen-bond donors (Lipinski definition) is 0. The molecule has 20 heavy (non-hydrogen) atoms. The largest absolute Gasteiger partial charge is 0.496 e. The molecule has 1 aromatic carbocycles. The minimum absolute atomic E-state index is 0.0861. The van der Waals surface area contributed by atoms with Gasteiger partial charge in [0.05, 0.1) is 38.0 Å². The average molecular weight is 341 g/mol. The molecule has 1 aromatic heterocycles. The van der Waals surface area contributed by atoms with Gasteiger partial charge in [-0.15, -0.1) is 0 Å². The predicted octanol–water partition coefficient (Wildman–Crippen LogP) is 4.10. The topological polar surface area (TPSA) is 40.8 Å². The summed E-state index contributed by atoms with van der Waals surface area (Å²) >= 11 is 3.69. The van der Waals surface area contributed by atoms with Crippen molar-refractivity contribution < 1.29 is 18.6 Å². The highest BCUT2D eigenvalue weighted by molar-refractivity contribution is 9.09. The van der Waals surface area contributed by atoms with Gasteiger partial charge in [-0.1, -0.05) is 15.9 Å². The van der Waals surface area contributed by atoms with Gasteiger partial charge in [0.15, 0.2) is 0 Å². The molecule has 0 spiro atoms. The van der Waals surface area contributed by atoms with Gasteiger partial charge in [0.1, 0.15) is 23.0 Å². The van der Waals surface area contributed by atoms with Crippen molar-refractivity contribution >= 4 is 15.9 Å². The minimum Gasteiger partial charge on any atom is -0.496 e. The van der Waals surface area contributed by atoms with Crippen LogP contribution in [0.2, 0.25) is 0 Å². The second-order valence-electron chi connectivity index (χ2n) is 4.24. The molecule has 0 amide bonds. The van der Waals surface area contributed by atoms with Gasteiger partial charge in [-0.25, -0.2) is 0 Å². The monoisotopic (exact) mass is 340 g/mol. The molecule has 108 valence electrons. The predicted molar refractivity (Wildman–Crippen MR) is 80.3 cm³/mol. The van der Waals surface area contributed by atoms with Crippen molar-refractivity contribution in [2.45, 2.75) is 11.8 Å². The number of furan rings is 1. The third-order valence-electron chi connectivity index (χ3n) is 3.18. The van der Waals surface area contributed by atoms with Crippen molar-refractivity contribution in [1.29, 1.82) is 0 Å². The molecule has 1 heterocycles. The number of aryl methyl sites for hydroxylation is 1. The van der Waals surface area contributed by atoms with Crippen molar-refractivity contribution in [2.24, 2.45) is 0 Å². The van der Waals surface area contributed by atoms with E-state index < -0.39 is 0 Å². The van der Waals surface area contributed by atoms with Crippen LogP contribution in [-0.2, 0) is 0 Å². The fourth-order valence-corrected chi connectivity index (χ4v) is 3.02. The number of alkyl halides is 1. The van der Waals surface area contributed by atoms with Crippen LogP contribution < -0.4 is 14.2 Å². The highest BCUT2D eigenvalue weighted by Gasteiger charge is 2.24. The molecule has 1 atom stereocenters. The molecule has 0 aliphatic heterocycles. The number of benzene rings is 1. The maximum atomic E-state index is 5.47. The summed E-state index contributed by atoms with van der Waals surface area (Å²) in [5, 5.41) is 0. The summed E-state index contributed by atoms with van der Waals surface area (Å²) in [6.07, 6.45) is 1.67. The van der Waals surface area contributed by atoms with Crippen LogP contribution in [0.1, 0.15) is 21.7 Å². The average Bonchev–Trinajstić information content (AvgIpc) is 2.91. The Bertz CT molecular complexity index is 566. The molecule has 2 aromatic rings. The third kappa shape index (κ3) is 2.63. The van der Waals surface area contributed by atoms with Crippen molar-refractivity contribution in [3.63, 3.8) is 0 Å². The van der Waals surface area contributed by atoms with E-state index >= 15 is 0 Å². The summed E-state index contributed by atoms with van der Waals surface area (Å²) in [5.74, 6) is 2.94. The van der Waals surface area contributed by atoms with E-state index in [2.05, 4.69) is 15.9 Å². The zero-order valence-electron chi connectivity index (χ0n) is 11.9. The molecule has 0 radical (unpaired) electrons. The summed E-state index contributed by atoms with van der Waals surface area (Å²) in [6.45, 7) is 1.92. The van der Waals surface area contributed by atoms with E-state index in [1.807, 2.05) is 25.1 Å². The number of hydrogen-bond acceptors (Lipinski definition) is 4. The van der Waals surface area contributed by atoms with Crippen molar-refractivity contribution in [1.82, 2.24) is 0 Å². The first-order valence-corrected chi connectivity index (χ1v) is 7.01. The molecule has 1 unspecified atom stereocenters. The van der Waals surface area contributed by atoms with Crippen LogP contribution in [0.25, 0.3) is 0 Å². The van der Waals surface area contributed by atoms with Crippen molar-refractivity contribution in [3.8, 4) is 17.2 Å². The summed E-state index contributed by atoms with van der Waals surface area (Å²) in [5.41, 5.74) is 1.94. The molecular weight excluding hydrogens is 324 g/mol. The lowest BCUT2D eigenvalue weighted by Crippen LogP contribution is -2.02. The van der Waals surface area contributed by atoms with E-state index in [4.69, 9.17) is 18.6 Å². The van der Waals surface area contributed by atoms with Crippen LogP contribution in [0.15, 0.2) is 28.9 Å². The number of rotatable bonds is 5. The Morgan fingerprint density at radius 1 is 1.05 bits per heavy atom. The van der Waals surface area contributed by atoms with Gasteiger partial charge in [0, 0.05) is 17.7 Å². The Kier molecular flexibility index (Phi) is 4.60. The van der Waals surface area contributed by atoms with Crippen LogP contribution in [-0.4, -0.2) is 21.3 Å². The summed E-state index contributed by atoms with van der Waals surface area (Å²) in [6, 6.07) is 5.60. The summed E-state index contributed by atoms with van der Waals surface area (Å²) in [4.78, 5) is -0.0861. The molecule has 0 saturated carbocycles. The number of halogens is 1. The lowest BCUT2D eigenvalue weighted by atomic mass is 10.0. The normalized spacial score (nSPS) is 12.1. The molecule has 2 rings (SSSR count). The molecule has 0 bridgehead atoms. The Morgan fingerprint density at radius 2 is 1.65 bits per heavy atom. The highest BCUT2D eigenvalue weighted by atomic mass is 79.9. The molecule has 0 saturated heterocycles. The van der Waals surface area contributed by atoms with Crippen LogP contribution in [0.5, 0.6) is 17.2 Å². The van der Waals surface area contributed by atoms with Gasteiger partial charge in [0.25, 0.3) is 0 Å². The molecular formula is C15H17BrO4. The van der Waals surface area contributed by atoms with Gasteiger partial charge in [0.2, 0.25) is 0 Å². The molecule has 0 N–H and O–H groups in total. The standard InChI is InChI=1S/C15H17BrO4/c1-9-11(5-6-20-9)15(16)14-12(18-3)7-10(17-2)8-13(14)19-4/h5-8,15H,1-4H3. The fourth-order valence-electron chi connectivity index (χ4n) is 2.10. The summed E-state index contributed by atoms with van der Waals surface area (Å²) in [7, 11) is 4.86. The van der Waals surface area contributed by atoms with E-state index in [-0.39, 0.29) is 4.83 Å². The molecule has 0 aliphatic rings. The minimum atomic E-state index is -0.0861. The van der Waals surface area contributed by atoms with E-state index in [9.17, 15) is 0 Å². The molecule has 0 aliphatic carbocycles. The molecule has 5 heteroatoms. The van der Waals surface area contributed by atoms with Crippen LogP contribution in [0.3, 0.4) is 0 Å².